The average Bonchev–Trinajstić information content (AvgIpc) is 1.70. The number of esters is 1. The molecule has 0 spiro atoms. The summed E-state index contributed by atoms with van der Waals surface area (Å²) in [5.74, 6) is -32.2. The van der Waals surface area contributed by atoms with E-state index < -0.39 is 135 Å². The van der Waals surface area contributed by atoms with E-state index >= 15 is 0 Å². The number of rotatable bonds is 27. The summed E-state index contributed by atoms with van der Waals surface area (Å²) in [4.78, 5) is 133. The molecule has 29 heteroatoms. The van der Waals surface area contributed by atoms with E-state index in [-0.39, 0.29) is 96.9 Å². The molecule has 2 saturated carbocycles. The molecule has 2 aliphatic rings. The number of carbonyl (C=O) groups excluding carboxylic acids is 9. The topological polar surface area (TPSA) is 274 Å². The molecule has 0 aliphatic heterocycles. The molecule has 2 amide bonds. The molecule has 97 heavy (non-hydrogen) atoms. The van der Waals surface area contributed by atoms with E-state index in [9.17, 15) is 91.8 Å². The number of aromatic amines is 2. The van der Waals surface area contributed by atoms with Gasteiger partial charge in [-0.3, -0.25) is 38.4 Å². The van der Waals surface area contributed by atoms with Crippen LogP contribution in [0.1, 0.15) is 159 Å². The van der Waals surface area contributed by atoms with Gasteiger partial charge in [-0.2, -0.15) is 0 Å². The van der Waals surface area contributed by atoms with Gasteiger partial charge in [-0.25, -0.2) is 53.5 Å². The fourth-order valence-corrected chi connectivity index (χ4v) is 11.7. The third-order valence-corrected chi connectivity index (χ3v) is 16.8. The van der Waals surface area contributed by atoms with Gasteiger partial charge in [-0.1, -0.05) is 52.7 Å². The molecule has 524 valence electrons. The van der Waals surface area contributed by atoms with Crippen molar-refractivity contribution in [3.63, 3.8) is 0 Å². The highest BCUT2D eigenvalue weighted by Crippen LogP contribution is 2.33. The van der Waals surface area contributed by atoms with Gasteiger partial charge in [0.15, 0.2) is 76.3 Å². The van der Waals surface area contributed by atoms with Crippen molar-refractivity contribution in [2.75, 3.05) is 26.7 Å². The van der Waals surface area contributed by atoms with Crippen LogP contribution in [-0.2, 0) is 33.5 Å². The highest BCUT2D eigenvalue weighted by atomic mass is 35.5. The van der Waals surface area contributed by atoms with Gasteiger partial charge in [0.25, 0.3) is 0 Å². The number of aromatic nitrogens is 2. The molecule has 2 heterocycles. The van der Waals surface area contributed by atoms with Crippen molar-refractivity contribution in [3.05, 3.63) is 129 Å². The largest absolute Gasteiger partial charge is 0.496 e. The number of alkyl halides is 1. The van der Waals surface area contributed by atoms with Gasteiger partial charge in [0.2, 0.25) is 23.4 Å². The minimum atomic E-state index is -2.48. The fourth-order valence-electron chi connectivity index (χ4n) is 11.6. The first-order chi connectivity index (χ1) is 45.8. The maximum Gasteiger partial charge on any atom is 0.344 e. The lowest BCUT2D eigenvalue weighted by atomic mass is 9.82. The second-order valence-electron chi connectivity index (χ2n) is 24.4. The molecule has 2 aromatic heterocycles. The lowest BCUT2D eigenvalue weighted by Crippen LogP contribution is -2.47. The molecular formula is C68H71ClF10N4O14. The van der Waals surface area contributed by atoms with Crippen molar-refractivity contribution in [2.24, 2.45) is 35.5 Å². The van der Waals surface area contributed by atoms with E-state index in [1.165, 1.54) is 7.11 Å². The molecule has 0 saturated heterocycles. The lowest BCUT2D eigenvalue weighted by Gasteiger charge is -2.27. The number of hydrogen-bond acceptors (Lipinski definition) is 13. The molecular weight excluding hydrogens is 1320 g/mol. The Morgan fingerprint density at radius 1 is 0.546 bits per heavy atom. The van der Waals surface area contributed by atoms with E-state index in [1.807, 2.05) is 45.9 Å². The third-order valence-electron chi connectivity index (χ3n) is 16.5. The van der Waals surface area contributed by atoms with Crippen LogP contribution in [0.4, 0.5) is 43.9 Å². The molecule has 2 aliphatic carbocycles. The van der Waals surface area contributed by atoms with Gasteiger partial charge in [0.1, 0.15) is 34.2 Å². The van der Waals surface area contributed by atoms with Crippen LogP contribution in [-0.4, -0.2) is 112 Å². The summed E-state index contributed by atoms with van der Waals surface area (Å²) in [5, 5.41) is 15.0. The van der Waals surface area contributed by atoms with Crippen LogP contribution in [0, 0.1) is 93.7 Å². The molecule has 18 nitrogen and oxygen atoms in total. The number of nitrogens with one attached hydrogen (secondary N) is 4. The number of carbonyl (C=O) groups is 10. The monoisotopic (exact) mass is 1390 g/mol. The normalized spacial score (nSPS) is 15.9. The summed E-state index contributed by atoms with van der Waals surface area (Å²) in [6, 6.07) is 11.9. The number of ketones is 6. The fraction of sp³-hybridized carbons (Fsp3) is 0.441. The Morgan fingerprint density at radius 3 is 1.27 bits per heavy atom. The van der Waals surface area contributed by atoms with Crippen molar-refractivity contribution in [2.45, 2.75) is 130 Å². The van der Waals surface area contributed by atoms with Crippen molar-refractivity contribution in [1.82, 2.24) is 20.6 Å². The second kappa shape index (κ2) is 34.8. The molecule has 5 N–H and O–H groups in total. The summed E-state index contributed by atoms with van der Waals surface area (Å²) in [6.07, 6.45) is 5.60. The first-order valence-corrected chi connectivity index (χ1v) is 31.5. The van der Waals surface area contributed by atoms with Crippen molar-refractivity contribution in [1.29, 1.82) is 0 Å². The number of H-pyrrole nitrogens is 2. The van der Waals surface area contributed by atoms with Gasteiger partial charge >= 0.3 is 11.9 Å². The smallest absolute Gasteiger partial charge is 0.344 e. The molecule has 0 unspecified atom stereocenters. The average molecular weight is 1390 g/mol. The molecule has 6 atom stereocenters. The molecule has 4 aromatic carbocycles. The Kier molecular flexibility index (Phi) is 27.7. The van der Waals surface area contributed by atoms with E-state index in [0.717, 1.165) is 30.2 Å². The second-order valence-corrected chi connectivity index (χ2v) is 24.6. The predicted octanol–water partition coefficient (Wildman–Crippen LogP) is 13.1. The van der Waals surface area contributed by atoms with Crippen LogP contribution < -0.4 is 20.1 Å². The Balaban J connectivity index is 0.000000263. The summed E-state index contributed by atoms with van der Waals surface area (Å²) in [5.41, 5.74) is -1.68. The van der Waals surface area contributed by atoms with Gasteiger partial charge in [-0.05, 0) is 99.6 Å². The molecule has 6 aromatic rings. The number of carboxylic acid groups (broad SMARTS) is 1. The summed E-state index contributed by atoms with van der Waals surface area (Å²) < 4.78 is 146. The maximum absolute atomic E-state index is 14.1. The molecule has 0 bridgehead atoms. The molecule has 8 rings (SSSR count). The van der Waals surface area contributed by atoms with Crippen molar-refractivity contribution in [3.8, 4) is 11.5 Å². The first-order valence-electron chi connectivity index (χ1n) is 30.9. The van der Waals surface area contributed by atoms with Crippen LogP contribution in [0.15, 0.2) is 48.5 Å². The van der Waals surface area contributed by atoms with Crippen molar-refractivity contribution < 1.29 is 111 Å². The maximum atomic E-state index is 14.1. The number of methoxy groups -OCH3 is 2. The number of hydrogen-bond donors (Lipinski definition) is 5. The Bertz CT molecular complexity index is 3910. The standard InChI is InChI=1S/C34H35F5N2O7.C27H35ClN2O5.C7HF5O2/c1-16(2)11-18(13-24(43)22-14-19-20(40-22)8-6-10-26(19)47-3)33(45)41-21(12-17-7-4-5-9-23(17)42)25(44)15-48-34(46)27-28(35)30(37)32(39)31(38)29(27)36;1-16(2)11-18(13-24(32)22-14-19-20(29-22)8-6-10-26(19)35-3)27(34)30-21(25(33)15-28)12-17-7-4-5-9-23(17)31;8-2-1(7(13)14)3(9)5(11)6(12)4(2)10/h6,8,10,14,16-18,21,40H,4-5,7,9,11-13,15H2,1-3H3,(H,41,45);6,8,10,14,16-18,21,29H,4-5,7,9,11-13,15H2,1-3H3,(H,30,34);(H,13,14)/t2*17-,18+,21-;/m00./s1. The summed E-state index contributed by atoms with van der Waals surface area (Å²) >= 11 is 5.82. The Hall–Kier alpha value is -8.95. The number of aromatic carboxylic acids is 1. The highest BCUT2D eigenvalue weighted by Gasteiger charge is 2.37. The quantitative estimate of drug-likeness (QED) is 0.00801. The minimum absolute atomic E-state index is 0.00327. The van der Waals surface area contributed by atoms with Crippen molar-refractivity contribution >= 4 is 91.9 Å². The summed E-state index contributed by atoms with van der Waals surface area (Å²) in [6.45, 7) is 6.43. The zero-order valence-corrected chi connectivity index (χ0v) is 54.2. The number of ether oxygens (including phenoxy) is 3. The number of halogens is 11. The van der Waals surface area contributed by atoms with E-state index in [2.05, 4.69) is 25.3 Å². The zero-order chi connectivity index (χ0) is 71.9. The number of benzene rings is 4. The SMILES string of the molecule is COc1cccc2[nH]c(C(=O)C[C@@H](CC(C)C)C(=O)N[C@@H](C[C@@H]3CCCCC3=O)C(=O)CCl)cc12.COc1cccc2[nH]c(C(=O)C[C@@H](CC(C)C)C(=O)N[C@@H](C[C@@H]3CCCCC3=O)C(=O)COC(=O)c3c(F)c(F)c(F)c(F)c3F)cc12.O=C(O)c1c(F)c(F)c(F)c(F)c1F. The van der Waals surface area contributed by atoms with E-state index in [1.54, 1.807) is 37.4 Å². The molecule has 2 fully saturated rings. The number of Topliss-reactive ketones (excluding diaryl/α,β-unsaturated/α-hetero) is 6. The van der Waals surface area contributed by atoms with Crippen LogP contribution >= 0.6 is 11.6 Å². The van der Waals surface area contributed by atoms with Crippen LogP contribution in [0.2, 0.25) is 0 Å². The van der Waals surface area contributed by atoms with Gasteiger partial charge in [0, 0.05) is 71.2 Å². The number of fused-ring (bicyclic) bond motifs is 2. The third kappa shape index (κ3) is 19.4. The van der Waals surface area contributed by atoms with E-state index in [0.29, 0.717) is 60.2 Å². The van der Waals surface area contributed by atoms with Gasteiger partial charge in [-0.15, -0.1) is 11.6 Å². The van der Waals surface area contributed by atoms with Gasteiger partial charge in [0.05, 0.1) is 43.6 Å². The molecule has 0 radical (unpaired) electrons. The highest BCUT2D eigenvalue weighted by molar-refractivity contribution is 6.28. The minimum Gasteiger partial charge on any atom is -0.496 e. The Morgan fingerprint density at radius 2 is 0.918 bits per heavy atom. The van der Waals surface area contributed by atoms with Crippen LogP contribution in [0.3, 0.4) is 0 Å². The summed E-state index contributed by atoms with van der Waals surface area (Å²) in [7, 11) is 3.07. The van der Waals surface area contributed by atoms with Crippen LogP contribution in [0.25, 0.3) is 21.8 Å². The van der Waals surface area contributed by atoms with Crippen LogP contribution in [0.5, 0.6) is 11.5 Å². The van der Waals surface area contributed by atoms with E-state index in [4.69, 9.17) is 26.2 Å². The van der Waals surface area contributed by atoms with Gasteiger partial charge < -0.3 is 39.9 Å². The predicted molar refractivity (Wildman–Crippen MR) is 331 cm³/mol. The number of carboxylic acids is 1. The number of amides is 2. The lowest BCUT2D eigenvalue weighted by molar-refractivity contribution is -0.133. The zero-order valence-electron chi connectivity index (χ0n) is 53.5. The first kappa shape index (κ1) is 77.1. The Labute approximate surface area is 554 Å².